The van der Waals surface area contributed by atoms with Gasteiger partial charge in [-0.2, -0.15) is 0 Å². The normalized spacial score (nSPS) is 10.4. The molecule has 1 aromatic heterocycles. The van der Waals surface area contributed by atoms with Crippen LogP contribution < -0.4 is 0 Å². The van der Waals surface area contributed by atoms with E-state index in [1.807, 2.05) is 6.92 Å². The Morgan fingerprint density at radius 3 is 2.56 bits per heavy atom. The maximum absolute atomic E-state index is 10.8. The van der Waals surface area contributed by atoms with Gasteiger partial charge in [0, 0.05) is 5.56 Å². The number of nitrogens with zero attached hydrogens (tertiary/aromatic N) is 1. The standard InChI is InChI=1S/C13H13NOS/c1-8-4-5-11(9(2)6-8)13-14-10(3)12(7-15)16-13/h4-7H,1-3H3. The minimum absolute atomic E-state index is 0.718. The average molecular weight is 231 g/mol. The van der Waals surface area contributed by atoms with Crippen molar-refractivity contribution in [3.8, 4) is 10.6 Å². The fourth-order valence-electron chi connectivity index (χ4n) is 1.69. The zero-order chi connectivity index (χ0) is 11.7. The molecule has 2 aromatic rings. The second-order valence-corrected chi connectivity index (χ2v) is 4.94. The Morgan fingerprint density at radius 2 is 2.00 bits per heavy atom. The van der Waals surface area contributed by atoms with Crippen molar-refractivity contribution in [2.75, 3.05) is 0 Å². The Morgan fingerprint density at radius 1 is 1.25 bits per heavy atom. The van der Waals surface area contributed by atoms with Crippen LogP contribution in [0.4, 0.5) is 0 Å². The average Bonchev–Trinajstić information content (AvgIpc) is 2.59. The first kappa shape index (κ1) is 11.0. The summed E-state index contributed by atoms with van der Waals surface area (Å²) in [6.45, 7) is 6.01. The minimum Gasteiger partial charge on any atom is -0.297 e. The molecule has 16 heavy (non-hydrogen) atoms. The molecule has 2 rings (SSSR count). The van der Waals surface area contributed by atoms with Crippen LogP contribution in [0.25, 0.3) is 10.6 Å². The van der Waals surface area contributed by atoms with Gasteiger partial charge < -0.3 is 0 Å². The van der Waals surface area contributed by atoms with Crippen molar-refractivity contribution in [2.24, 2.45) is 0 Å². The topological polar surface area (TPSA) is 30.0 Å². The molecule has 2 nitrogen and oxygen atoms in total. The van der Waals surface area contributed by atoms with E-state index in [-0.39, 0.29) is 0 Å². The van der Waals surface area contributed by atoms with E-state index >= 15 is 0 Å². The lowest BCUT2D eigenvalue weighted by Crippen LogP contribution is -1.84. The highest BCUT2D eigenvalue weighted by molar-refractivity contribution is 7.16. The molecule has 0 fully saturated rings. The zero-order valence-electron chi connectivity index (χ0n) is 9.57. The van der Waals surface area contributed by atoms with Crippen molar-refractivity contribution in [1.82, 2.24) is 4.98 Å². The number of benzene rings is 1. The number of aryl methyl sites for hydroxylation is 3. The summed E-state index contributed by atoms with van der Waals surface area (Å²) in [6.07, 6.45) is 0.875. The van der Waals surface area contributed by atoms with Gasteiger partial charge in [0.2, 0.25) is 0 Å². The van der Waals surface area contributed by atoms with E-state index in [1.54, 1.807) is 0 Å². The highest BCUT2D eigenvalue weighted by atomic mass is 32.1. The van der Waals surface area contributed by atoms with Gasteiger partial charge in [0.05, 0.1) is 10.6 Å². The molecule has 82 valence electrons. The molecule has 0 atom stereocenters. The molecule has 0 bridgehead atoms. The summed E-state index contributed by atoms with van der Waals surface area (Å²) in [6, 6.07) is 6.27. The Balaban J connectivity index is 2.54. The Labute approximate surface area is 99.0 Å². The van der Waals surface area contributed by atoms with Crippen molar-refractivity contribution in [3.63, 3.8) is 0 Å². The summed E-state index contributed by atoms with van der Waals surface area (Å²) in [7, 11) is 0. The number of rotatable bonds is 2. The molecule has 3 heteroatoms. The van der Waals surface area contributed by atoms with Crippen molar-refractivity contribution in [2.45, 2.75) is 20.8 Å². The van der Waals surface area contributed by atoms with Gasteiger partial charge in [-0.1, -0.05) is 23.8 Å². The monoisotopic (exact) mass is 231 g/mol. The highest BCUT2D eigenvalue weighted by Gasteiger charge is 2.10. The molecular formula is C13H13NOS. The molecule has 0 saturated carbocycles. The molecule has 0 aliphatic rings. The van der Waals surface area contributed by atoms with Crippen LogP contribution >= 0.6 is 11.3 Å². The molecule has 1 heterocycles. The van der Waals surface area contributed by atoms with Gasteiger partial charge in [0.25, 0.3) is 0 Å². The SMILES string of the molecule is Cc1ccc(-c2nc(C)c(C=O)s2)c(C)c1. The number of hydrogen-bond donors (Lipinski definition) is 0. The second-order valence-electron chi connectivity index (χ2n) is 3.90. The Hall–Kier alpha value is -1.48. The summed E-state index contributed by atoms with van der Waals surface area (Å²) in [5.74, 6) is 0. The molecule has 0 unspecified atom stereocenters. The van der Waals surface area contributed by atoms with E-state index in [4.69, 9.17) is 0 Å². The van der Waals surface area contributed by atoms with Crippen LogP contribution in [0.2, 0.25) is 0 Å². The molecule has 0 aliphatic carbocycles. The van der Waals surface area contributed by atoms with E-state index in [0.29, 0.717) is 0 Å². The van der Waals surface area contributed by atoms with Gasteiger partial charge in [0.15, 0.2) is 6.29 Å². The number of thiazole rings is 1. The maximum Gasteiger partial charge on any atom is 0.161 e. The summed E-state index contributed by atoms with van der Waals surface area (Å²) < 4.78 is 0. The molecule has 0 N–H and O–H groups in total. The van der Waals surface area contributed by atoms with E-state index in [2.05, 4.69) is 37.0 Å². The Kier molecular flexibility index (Phi) is 2.88. The van der Waals surface area contributed by atoms with Crippen molar-refractivity contribution >= 4 is 17.6 Å². The van der Waals surface area contributed by atoms with Crippen LogP contribution in [-0.4, -0.2) is 11.3 Å². The van der Waals surface area contributed by atoms with Gasteiger partial charge in [-0.3, -0.25) is 4.79 Å². The van der Waals surface area contributed by atoms with Crippen LogP contribution in [0.15, 0.2) is 18.2 Å². The van der Waals surface area contributed by atoms with Crippen LogP contribution in [0, 0.1) is 20.8 Å². The quantitative estimate of drug-likeness (QED) is 0.740. The highest BCUT2D eigenvalue weighted by Crippen LogP contribution is 2.29. The fraction of sp³-hybridized carbons (Fsp3) is 0.231. The number of carbonyl (C=O) groups is 1. The lowest BCUT2D eigenvalue weighted by Gasteiger charge is -2.02. The lowest BCUT2D eigenvalue weighted by atomic mass is 10.1. The van der Waals surface area contributed by atoms with Crippen LogP contribution in [0.5, 0.6) is 0 Å². The van der Waals surface area contributed by atoms with E-state index in [0.717, 1.165) is 27.4 Å². The lowest BCUT2D eigenvalue weighted by molar-refractivity contribution is 0.112. The molecule has 0 radical (unpaired) electrons. The molecular weight excluding hydrogens is 218 g/mol. The maximum atomic E-state index is 10.8. The minimum atomic E-state index is 0.718. The number of aromatic nitrogens is 1. The number of carbonyl (C=O) groups excluding carboxylic acids is 1. The van der Waals surface area contributed by atoms with Gasteiger partial charge in [0.1, 0.15) is 5.01 Å². The third kappa shape index (κ3) is 1.91. The van der Waals surface area contributed by atoms with Gasteiger partial charge >= 0.3 is 0 Å². The molecule has 1 aromatic carbocycles. The van der Waals surface area contributed by atoms with Crippen LogP contribution in [0.1, 0.15) is 26.5 Å². The van der Waals surface area contributed by atoms with Gasteiger partial charge in [-0.15, -0.1) is 11.3 Å². The predicted octanol–water partition coefficient (Wildman–Crippen LogP) is 3.55. The first-order valence-corrected chi connectivity index (χ1v) is 5.93. The molecule has 0 spiro atoms. The van der Waals surface area contributed by atoms with Gasteiger partial charge in [-0.25, -0.2) is 4.98 Å². The molecule has 0 aliphatic heterocycles. The van der Waals surface area contributed by atoms with Crippen molar-refractivity contribution < 1.29 is 4.79 Å². The first-order valence-electron chi connectivity index (χ1n) is 5.12. The van der Waals surface area contributed by atoms with E-state index in [9.17, 15) is 4.79 Å². The number of hydrogen-bond acceptors (Lipinski definition) is 3. The van der Waals surface area contributed by atoms with Crippen LogP contribution in [-0.2, 0) is 0 Å². The van der Waals surface area contributed by atoms with E-state index < -0.39 is 0 Å². The smallest absolute Gasteiger partial charge is 0.161 e. The number of aldehydes is 1. The Bertz CT molecular complexity index is 543. The van der Waals surface area contributed by atoms with E-state index in [1.165, 1.54) is 22.5 Å². The van der Waals surface area contributed by atoms with Crippen molar-refractivity contribution in [1.29, 1.82) is 0 Å². The summed E-state index contributed by atoms with van der Waals surface area (Å²) >= 11 is 1.45. The summed E-state index contributed by atoms with van der Waals surface area (Å²) in [5.41, 5.74) is 4.37. The largest absolute Gasteiger partial charge is 0.297 e. The predicted molar refractivity (Wildman–Crippen MR) is 67.1 cm³/mol. The second kappa shape index (κ2) is 4.18. The van der Waals surface area contributed by atoms with Crippen molar-refractivity contribution in [3.05, 3.63) is 39.9 Å². The third-order valence-electron chi connectivity index (χ3n) is 2.55. The van der Waals surface area contributed by atoms with Crippen LogP contribution in [0.3, 0.4) is 0 Å². The fourth-order valence-corrected chi connectivity index (χ4v) is 2.66. The summed E-state index contributed by atoms with van der Waals surface area (Å²) in [5, 5.41) is 0.928. The molecule has 0 saturated heterocycles. The summed E-state index contributed by atoms with van der Waals surface area (Å²) in [4.78, 5) is 15.9. The first-order chi connectivity index (χ1) is 7.61. The third-order valence-corrected chi connectivity index (χ3v) is 3.67. The van der Waals surface area contributed by atoms with Gasteiger partial charge in [-0.05, 0) is 26.3 Å². The molecule has 0 amide bonds. The zero-order valence-corrected chi connectivity index (χ0v) is 10.4.